The first-order chi connectivity index (χ1) is 13.6. The van der Waals surface area contributed by atoms with Crippen LogP contribution in [-0.2, 0) is 6.42 Å². The number of carbonyl (C=O) groups is 1. The molecule has 8 heteroatoms. The van der Waals surface area contributed by atoms with E-state index in [2.05, 4.69) is 20.1 Å². The Kier molecular flexibility index (Phi) is 5.47. The van der Waals surface area contributed by atoms with Gasteiger partial charge in [0.25, 0.3) is 5.91 Å². The molecule has 28 heavy (non-hydrogen) atoms. The van der Waals surface area contributed by atoms with E-state index in [1.165, 1.54) is 11.3 Å². The maximum absolute atomic E-state index is 12.6. The number of nitrogens with zero attached hydrogens (tertiary/aromatic N) is 5. The van der Waals surface area contributed by atoms with E-state index in [0.29, 0.717) is 11.6 Å². The third kappa shape index (κ3) is 3.96. The molecule has 0 saturated carbocycles. The lowest BCUT2D eigenvalue weighted by Crippen LogP contribution is -2.32. The predicted molar refractivity (Wildman–Crippen MR) is 106 cm³/mol. The van der Waals surface area contributed by atoms with Crippen molar-refractivity contribution in [3.63, 3.8) is 0 Å². The summed E-state index contributed by atoms with van der Waals surface area (Å²) in [4.78, 5) is 27.5. The Bertz CT molecular complexity index is 934. The van der Waals surface area contributed by atoms with Crippen LogP contribution in [-0.4, -0.2) is 44.0 Å². The van der Waals surface area contributed by atoms with Gasteiger partial charge in [0.2, 0.25) is 0 Å². The van der Waals surface area contributed by atoms with Crippen molar-refractivity contribution in [3.8, 4) is 11.3 Å². The van der Waals surface area contributed by atoms with Crippen LogP contribution in [0.2, 0.25) is 0 Å². The van der Waals surface area contributed by atoms with Gasteiger partial charge in [-0.15, -0.1) is 11.3 Å². The van der Waals surface area contributed by atoms with Crippen molar-refractivity contribution in [1.82, 2.24) is 25.0 Å². The van der Waals surface area contributed by atoms with Crippen LogP contribution in [0.4, 0.5) is 0 Å². The van der Waals surface area contributed by atoms with E-state index in [1.54, 1.807) is 11.8 Å². The smallest absolute Gasteiger partial charge is 0.273 e. The van der Waals surface area contributed by atoms with Gasteiger partial charge >= 0.3 is 0 Å². The second kappa shape index (κ2) is 8.18. The van der Waals surface area contributed by atoms with Gasteiger partial charge in [-0.3, -0.25) is 4.79 Å². The van der Waals surface area contributed by atoms with Crippen LogP contribution in [0.25, 0.3) is 11.3 Å². The van der Waals surface area contributed by atoms with Gasteiger partial charge in [-0.1, -0.05) is 5.16 Å². The minimum absolute atomic E-state index is 0.0460. The van der Waals surface area contributed by atoms with Crippen molar-refractivity contribution in [2.45, 2.75) is 39.5 Å². The van der Waals surface area contributed by atoms with E-state index in [0.717, 1.165) is 67.2 Å². The lowest BCUT2D eigenvalue weighted by Gasteiger charge is -2.19. The van der Waals surface area contributed by atoms with Crippen LogP contribution in [0.1, 0.15) is 46.9 Å². The van der Waals surface area contributed by atoms with Crippen LogP contribution in [0.5, 0.6) is 0 Å². The summed E-state index contributed by atoms with van der Waals surface area (Å²) >= 11 is 1.46. The molecule has 0 unspecified atom stereocenters. The number of likely N-dealkylation sites (tertiary alicyclic amines) is 1. The van der Waals surface area contributed by atoms with E-state index in [1.807, 2.05) is 30.2 Å². The van der Waals surface area contributed by atoms with Crippen molar-refractivity contribution < 1.29 is 9.32 Å². The van der Waals surface area contributed by atoms with Gasteiger partial charge in [0.05, 0.1) is 22.5 Å². The molecule has 3 aromatic rings. The van der Waals surface area contributed by atoms with Gasteiger partial charge in [0.15, 0.2) is 0 Å². The molecule has 4 rings (SSSR count). The average molecular weight is 398 g/mol. The molecule has 1 atom stereocenters. The Morgan fingerprint density at radius 1 is 1.25 bits per heavy atom. The Morgan fingerprint density at radius 2 is 2.14 bits per heavy atom. The van der Waals surface area contributed by atoms with E-state index in [4.69, 9.17) is 4.52 Å². The highest BCUT2D eigenvalue weighted by atomic mass is 32.1. The van der Waals surface area contributed by atoms with Gasteiger partial charge in [0, 0.05) is 24.2 Å². The summed E-state index contributed by atoms with van der Waals surface area (Å²) in [6.45, 7) is 5.38. The molecule has 0 bridgehead atoms. The molecule has 7 nitrogen and oxygen atoms in total. The Labute approximate surface area is 167 Å². The SMILES string of the molecule is Cc1noc(C)c1-c1cc(C[C@H]2CCCN(C(=O)c3cscn3)CC2)ncn1. The minimum Gasteiger partial charge on any atom is -0.361 e. The maximum atomic E-state index is 12.6. The summed E-state index contributed by atoms with van der Waals surface area (Å²) in [7, 11) is 0. The van der Waals surface area contributed by atoms with Crippen molar-refractivity contribution in [2.75, 3.05) is 13.1 Å². The highest BCUT2D eigenvalue weighted by Crippen LogP contribution is 2.27. The second-order valence-electron chi connectivity index (χ2n) is 7.26. The van der Waals surface area contributed by atoms with Gasteiger partial charge in [-0.2, -0.15) is 0 Å². The number of hydrogen-bond acceptors (Lipinski definition) is 7. The molecule has 4 heterocycles. The predicted octanol–water partition coefficient (Wildman–Crippen LogP) is 3.69. The molecule has 1 amide bonds. The van der Waals surface area contributed by atoms with E-state index in [9.17, 15) is 4.79 Å². The first-order valence-electron chi connectivity index (χ1n) is 9.53. The molecule has 1 aliphatic heterocycles. The molecule has 1 aliphatic rings. The first kappa shape index (κ1) is 18.7. The Hall–Kier alpha value is -2.61. The molecule has 0 aromatic carbocycles. The van der Waals surface area contributed by atoms with Crippen LogP contribution in [0.15, 0.2) is 27.8 Å². The van der Waals surface area contributed by atoms with Gasteiger partial charge in [-0.05, 0) is 51.5 Å². The molecule has 0 spiro atoms. The minimum atomic E-state index is 0.0460. The standard InChI is InChI=1S/C20H23N5O2S/c1-13-19(14(2)27-24-13)17-9-16(21-11-22-17)8-15-4-3-6-25(7-5-15)20(26)18-10-28-12-23-18/h9-12,15H,3-8H2,1-2H3/t15-/m0/s1. The van der Waals surface area contributed by atoms with Crippen molar-refractivity contribution >= 4 is 17.2 Å². The summed E-state index contributed by atoms with van der Waals surface area (Å²) in [6.07, 6.45) is 5.57. The largest absolute Gasteiger partial charge is 0.361 e. The molecule has 0 N–H and O–H groups in total. The summed E-state index contributed by atoms with van der Waals surface area (Å²) in [5.41, 5.74) is 5.93. The highest BCUT2D eigenvalue weighted by Gasteiger charge is 2.23. The number of carbonyl (C=O) groups excluding carboxylic acids is 1. The fourth-order valence-electron chi connectivity index (χ4n) is 3.84. The number of thiazole rings is 1. The van der Waals surface area contributed by atoms with Gasteiger partial charge in [-0.25, -0.2) is 15.0 Å². The highest BCUT2D eigenvalue weighted by molar-refractivity contribution is 7.07. The van der Waals surface area contributed by atoms with Gasteiger partial charge in [0.1, 0.15) is 17.8 Å². The summed E-state index contributed by atoms with van der Waals surface area (Å²) in [5.74, 6) is 1.32. The summed E-state index contributed by atoms with van der Waals surface area (Å²) in [6, 6.07) is 2.04. The molecule has 0 aliphatic carbocycles. The number of aromatic nitrogens is 4. The van der Waals surface area contributed by atoms with Crippen molar-refractivity contribution in [1.29, 1.82) is 0 Å². The van der Waals surface area contributed by atoms with Crippen LogP contribution in [0.3, 0.4) is 0 Å². The summed E-state index contributed by atoms with van der Waals surface area (Å²) < 4.78 is 5.27. The number of amides is 1. The molecule has 1 saturated heterocycles. The lowest BCUT2D eigenvalue weighted by molar-refractivity contribution is 0.0755. The molecule has 1 fully saturated rings. The van der Waals surface area contributed by atoms with Crippen molar-refractivity contribution in [3.05, 3.63) is 46.1 Å². The molecule has 3 aromatic heterocycles. The topological polar surface area (TPSA) is 85.0 Å². The molecule has 0 radical (unpaired) electrons. The Balaban J connectivity index is 1.43. The van der Waals surface area contributed by atoms with E-state index >= 15 is 0 Å². The third-order valence-corrected chi connectivity index (χ3v) is 5.88. The van der Waals surface area contributed by atoms with E-state index in [-0.39, 0.29) is 5.91 Å². The fraction of sp³-hybridized carbons (Fsp3) is 0.450. The normalized spacial score (nSPS) is 17.5. The summed E-state index contributed by atoms with van der Waals surface area (Å²) in [5, 5.41) is 5.84. The maximum Gasteiger partial charge on any atom is 0.273 e. The van der Waals surface area contributed by atoms with Crippen molar-refractivity contribution in [2.24, 2.45) is 5.92 Å². The van der Waals surface area contributed by atoms with Crippen LogP contribution in [0, 0.1) is 19.8 Å². The zero-order chi connectivity index (χ0) is 19.5. The second-order valence-corrected chi connectivity index (χ2v) is 7.98. The fourth-order valence-corrected chi connectivity index (χ4v) is 4.37. The zero-order valence-electron chi connectivity index (χ0n) is 16.1. The number of hydrogen-bond donors (Lipinski definition) is 0. The van der Waals surface area contributed by atoms with Crippen LogP contribution < -0.4 is 0 Å². The third-order valence-electron chi connectivity index (χ3n) is 5.30. The monoisotopic (exact) mass is 397 g/mol. The quantitative estimate of drug-likeness (QED) is 0.667. The molecular weight excluding hydrogens is 374 g/mol. The first-order valence-corrected chi connectivity index (χ1v) is 10.5. The number of rotatable bonds is 4. The number of aryl methyl sites for hydroxylation is 2. The van der Waals surface area contributed by atoms with Crippen LogP contribution >= 0.6 is 11.3 Å². The Morgan fingerprint density at radius 3 is 2.89 bits per heavy atom. The zero-order valence-corrected chi connectivity index (χ0v) is 16.9. The molecule has 146 valence electrons. The average Bonchev–Trinajstić information content (AvgIpc) is 3.27. The van der Waals surface area contributed by atoms with E-state index < -0.39 is 0 Å². The lowest BCUT2D eigenvalue weighted by atomic mass is 9.94. The molecular formula is C20H23N5O2S. The van der Waals surface area contributed by atoms with Gasteiger partial charge < -0.3 is 9.42 Å².